The van der Waals surface area contributed by atoms with Crippen LogP contribution in [0.15, 0.2) is 12.4 Å². The molecule has 1 rings (SSSR count). The third-order valence-electron chi connectivity index (χ3n) is 2.85. The summed E-state index contributed by atoms with van der Waals surface area (Å²) in [5.74, 6) is 0.878. The topological polar surface area (TPSA) is 81.8 Å². The lowest BCUT2D eigenvalue weighted by molar-refractivity contribution is 0.114. The summed E-state index contributed by atoms with van der Waals surface area (Å²) in [7, 11) is 0. The van der Waals surface area contributed by atoms with Crippen molar-refractivity contribution >= 4 is 5.82 Å². The zero-order valence-electron chi connectivity index (χ0n) is 10.2. The molecule has 0 fully saturated rings. The van der Waals surface area contributed by atoms with Crippen LogP contribution >= 0.6 is 0 Å². The van der Waals surface area contributed by atoms with Gasteiger partial charge < -0.3 is 10.4 Å². The van der Waals surface area contributed by atoms with Crippen molar-refractivity contribution in [2.45, 2.75) is 32.8 Å². The number of nitrogens with zero attached hydrogens (tertiary/aromatic N) is 3. The van der Waals surface area contributed by atoms with E-state index in [1.807, 2.05) is 6.07 Å². The highest BCUT2D eigenvalue weighted by Crippen LogP contribution is 2.13. The molecule has 17 heavy (non-hydrogen) atoms. The van der Waals surface area contributed by atoms with Crippen LogP contribution < -0.4 is 5.32 Å². The molecule has 0 aliphatic rings. The van der Waals surface area contributed by atoms with Crippen LogP contribution in [0, 0.1) is 17.2 Å². The van der Waals surface area contributed by atoms with E-state index in [0.717, 1.165) is 12.8 Å². The lowest BCUT2D eigenvalue weighted by Crippen LogP contribution is -2.28. The quantitative estimate of drug-likeness (QED) is 0.780. The molecule has 1 unspecified atom stereocenters. The van der Waals surface area contributed by atoms with Gasteiger partial charge >= 0.3 is 0 Å². The van der Waals surface area contributed by atoms with E-state index in [2.05, 4.69) is 29.1 Å². The number of aromatic nitrogens is 2. The van der Waals surface area contributed by atoms with E-state index in [-0.39, 0.29) is 11.8 Å². The molecule has 0 spiro atoms. The summed E-state index contributed by atoms with van der Waals surface area (Å²) in [5.41, 5.74) is 0.288. The van der Waals surface area contributed by atoms with Crippen LogP contribution in [0.1, 0.15) is 32.4 Å². The number of nitrogens with one attached hydrogen (secondary N) is 1. The minimum atomic E-state index is -0.387. The molecule has 0 aromatic carbocycles. The molecule has 1 atom stereocenters. The molecule has 92 valence electrons. The number of anilines is 1. The van der Waals surface area contributed by atoms with Gasteiger partial charge in [0.1, 0.15) is 11.9 Å². The normalized spacial score (nSPS) is 12.2. The lowest BCUT2D eigenvalue weighted by Gasteiger charge is -2.20. The van der Waals surface area contributed by atoms with Gasteiger partial charge in [-0.1, -0.05) is 26.7 Å². The molecule has 0 amide bonds. The second kappa shape index (κ2) is 6.81. The molecule has 0 bridgehead atoms. The predicted octanol–water partition coefficient (Wildman–Crippen LogP) is 1.56. The minimum absolute atomic E-state index is 0.288. The summed E-state index contributed by atoms with van der Waals surface area (Å²) in [4.78, 5) is 7.92. The third kappa shape index (κ3) is 4.00. The summed E-state index contributed by atoms with van der Waals surface area (Å²) in [6.07, 6.45) is 4.43. The number of rotatable bonds is 6. The van der Waals surface area contributed by atoms with Gasteiger partial charge in [-0.2, -0.15) is 5.26 Å². The van der Waals surface area contributed by atoms with E-state index < -0.39 is 0 Å². The Morgan fingerprint density at radius 1 is 1.35 bits per heavy atom. The Hall–Kier alpha value is -1.67. The van der Waals surface area contributed by atoms with Crippen molar-refractivity contribution < 1.29 is 5.11 Å². The maximum Gasteiger partial charge on any atom is 0.158 e. The minimum Gasteiger partial charge on any atom is -0.391 e. The van der Waals surface area contributed by atoms with Gasteiger partial charge in [-0.05, 0) is 5.92 Å². The number of hydrogen-bond acceptors (Lipinski definition) is 5. The molecular weight excluding hydrogens is 216 g/mol. The van der Waals surface area contributed by atoms with E-state index in [9.17, 15) is 5.11 Å². The number of aliphatic hydroxyl groups is 1. The summed E-state index contributed by atoms with van der Waals surface area (Å²) < 4.78 is 0. The largest absolute Gasteiger partial charge is 0.391 e. The molecule has 0 aliphatic carbocycles. The zero-order valence-corrected chi connectivity index (χ0v) is 10.2. The van der Waals surface area contributed by atoms with Gasteiger partial charge in [0.25, 0.3) is 0 Å². The first-order chi connectivity index (χ1) is 8.21. The monoisotopic (exact) mass is 234 g/mol. The first-order valence-electron chi connectivity index (χ1n) is 5.85. The van der Waals surface area contributed by atoms with Gasteiger partial charge in [0.15, 0.2) is 5.69 Å². The van der Waals surface area contributed by atoms with Gasteiger partial charge in [-0.25, -0.2) is 9.97 Å². The summed E-state index contributed by atoms with van der Waals surface area (Å²) in [6, 6.07) is 1.90. The summed E-state index contributed by atoms with van der Waals surface area (Å²) in [5, 5.41) is 21.5. The molecule has 0 aliphatic heterocycles. The molecule has 0 radical (unpaired) electrons. The Labute approximate surface area is 102 Å². The Balaban J connectivity index is 2.47. The first kappa shape index (κ1) is 13.4. The molecular formula is C12H18N4O. The van der Waals surface area contributed by atoms with Crippen molar-refractivity contribution in [2.24, 2.45) is 5.92 Å². The number of hydrogen-bond donors (Lipinski definition) is 2. The smallest absolute Gasteiger partial charge is 0.158 e. The molecule has 1 heterocycles. The molecule has 0 saturated carbocycles. The Kier molecular flexibility index (Phi) is 5.37. The summed E-state index contributed by atoms with van der Waals surface area (Å²) in [6.45, 7) is 4.59. The van der Waals surface area contributed by atoms with Crippen molar-refractivity contribution in [2.75, 3.05) is 11.9 Å². The zero-order chi connectivity index (χ0) is 12.7. The van der Waals surface area contributed by atoms with Crippen molar-refractivity contribution in [1.29, 1.82) is 5.26 Å². The van der Waals surface area contributed by atoms with Crippen LogP contribution in [0.3, 0.4) is 0 Å². The Bertz CT molecular complexity index is 367. The SMILES string of the molecule is CCC(CC)C(O)CNc1cnc(C#N)cn1. The lowest BCUT2D eigenvalue weighted by atomic mass is 9.97. The molecule has 5 heteroatoms. The number of nitriles is 1. The van der Waals surface area contributed by atoms with Crippen LogP contribution in [-0.4, -0.2) is 27.7 Å². The average Bonchev–Trinajstić information content (AvgIpc) is 2.38. The maximum atomic E-state index is 9.91. The fourth-order valence-electron chi connectivity index (χ4n) is 1.69. The Morgan fingerprint density at radius 3 is 2.53 bits per heavy atom. The maximum absolute atomic E-state index is 9.91. The first-order valence-corrected chi connectivity index (χ1v) is 5.85. The van der Waals surface area contributed by atoms with Gasteiger partial charge in [0.05, 0.1) is 18.5 Å². The second-order valence-electron chi connectivity index (χ2n) is 3.92. The van der Waals surface area contributed by atoms with Crippen LogP contribution in [-0.2, 0) is 0 Å². The standard InChI is InChI=1S/C12H18N4O/c1-3-9(4-2)11(17)7-16-12-8-14-10(5-13)6-15-12/h6,8-9,11,17H,3-4,7H2,1-2H3,(H,15,16). The van der Waals surface area contributed by atoms with Crippen LogP contribution in [0.4, 0.5) is 5.82 Å². The van der Waals surface area contributed by atoms with E-state index in [4.69, 9.17) is 5.26 Å². The van der Waals surface area contributed by atoms with Gasteiger partial charge in [0.2, 0.25) is 0 Å². The van der Waals surface area contributed by atoms with Gasteiger partial charge in [-0.15, -0.1) is 0 Å². The van der Waals surface area contributed by atoms with Gasteiger partial charge in [-0.3, -0.25) is 0 Å². The van der Waals surface area contributed by atoms with Crippen LogP contribution in [0.25, 0.3) is 0 Å². The highest BCUT2D eigenvalue weighted by molar-refractivity contribution is 5.33. The van der Waals surface area contributed by atoms with E-state index in [1.54, 1.807) is 0 Å². The van der Waals surface area contributed by atoms with Crippen LogP contribution in [0.5, 0.6) is 0 Å². The van der Waals surface area contributed by atoms with Crippen molar-refractivity contribution in [3.05, 3.63) is 18.1 Å². The molecule has 5 nitrogen and oxygen atoms in total. The third-order valence-corrected chi connectivity index (χ3v) is 2.85. The van der Waals surface area contributed by atoms with Crippen LogP contribution in [0.2, 0.25) is 0 Å². The fourth-order valence-corrected chi connectivity index (χ4v) is 1.69. The van der Waals surface area contributed by atoms with Gasteiger partial charge in [0, 0.05) is 6.54 Å². The van der Waals surface area contributed by atoms with E-state index in [0.29, 0.717) is 18.3 Å². The average molecular weight is 234 g/mol. The van der Waals surface area contributed by atoms with Crippen molar-refractivity contribution in [3.63, 3.8) is 0 Å². The predicted molar refractivity (Wildman–Crippen MR) is 65.3 cm³/mol. The summed E-state index contributed by atoms with van der Waals surface area (Å²) >= 11 is 0. The van der Waals surface area contributed by atoms with E-state index >= 15 is 0 Å². The second-order valence-corrected chi connectivity index (χ2v) is 3.92. The molecule has 1 aromatic heterocycles. The molecule has 0 saturated heterocycles. The molecule has 1 aromatic rings. The van der Waals surface area contributed by atoms with Crippen molar-refractivity contribution in [3.8, 4) is 6.07 Å². The highest BCUT2D eigenvalue weighted by atomic mass is 16.3. The van der Waals surface area contributed by atoms with Crippen molar-refractivity contribution in [1.82, 2.24) is 9.97 Å². The van der Waals surface area contributed by atoms with E-state index in [1.165, 1.54) is 12.4 Å². The fraction of sp³-hybridized carbons (Fsp3) is 0.583. The number of aliphatic hydroxyl groups excluding tert-OH is 1. The highest BCUT2D eigenvalue weighted by Gasteiger charge is 2.14. The molecule has 2 N–H and O–H groups in total. The Morgan fingerprint density at radius 2 is 2.06 bits per heavy atom.